The predicted octanol–water partition coefficient (Wildman–Crippen LogP) is 3.03. The first-order valence-electron chi connectivity index (χ1n) is 4.01. The lowest BCUT2D eigenvalue weighted by molar-refractivity contribution is 0.759. The van der Waals surface area contributed by atoms with E-state index in [4.69, 9.17) is 0 Å². The van der Waals surface area contributed by atoms with E-state index in [1.165, 1.54) is 5.57 Å². The molecule has 1 rings (SSSR count). The third-order valence-corrected chi connectivity index (χ3v) is 1.41. The maximum Gasteiger partial charge on any atom is 0.0262 e. The Kier molecular flexibility index (Phi) is 4.91. The Labute approximate surface area is 63.9 Å². The van der Waals surface area contributed by atoms with Crippen molar-refractivity contribution < 1.29 is 0 Å². The van der Waals surface area contributed by atoms with E-state index in [1.807, 2.05) is 26.3 Å². The monoisotopic (exact) mass is 139 g/mol. The lowest BCUT2D eigenvalue weighted by atomic mass is 10.0. The van der Waals surface area contributed by atoms with Crippen LogP contribution in [-0.2, 0) is 0 Å². The van der Waals surface area contributed by atoms with Crippen LogP contribution in [0.15, 0.2) is 16.8 Å². The molecule has 1 nitrogen and oxygen atoms in total. The lowest BCUT2D eigenvalue weighted by Gasteiger charge is -2.01. The van der Waals surface area contributed by atoms with Crippen LogP contribution >= 0.6 is 0 Å². The zero-order valence-corrected chi connectivity index (χ0v) is 7.39. The molecule has 0 aromatic rings. The normalized spacial score (nSPS) is 14.7. The van der Waals surface area contributed by atoms with Gasteiger partial charge in [-0.1, -0.05) is 27.7 Å². The van der Waals surface area contributed by atoms with Gasteiger partial charge in [0, 0.05) is 18.8 Å². The minimum absolute atomic E-state index is 0.678. The Balaban J connectivity index is 0.000000371. The molecule has 0 radical (unpaired) electrons. The number of allylic oxidation sites excluding steroid dienone is 1. The summed E-state index contributed by atoms with van der Waals surface area (Å²) in [4.78, 5) is 4.00. The largest absolute Gasteiger partial charge is 0.269 e. The Morgan fingerprint density at radius 3 is 2.20 bits per heavy atom. The highest BCUT2D eigenvalue weighted by Crippen LogP contribution is 2.15. The first-order valence-corrected chi connectivity index (χ1v) is 4.01. The van der Waals surface area contributed by atoms with Gasteiger partial charge in [0.25, 0.3) is 0 Å². The van der Waals surface area contributed by atoms with E-state index in [0.29, 0.717) is 5.92 Å². The van der Waals surface area contributed by atoms with Crippen LogP contribution in [0.1, 0.15) is 34.1 Å². The molecule has 0 aliphatic carbocycles. The van der Waals surface area contributed by atoms with Gasteiger partial charge >= 0.3 is 0 Å². The second-order valence-electron chi connectivity index (χ2n) is 2.39. The molecule has 0 saturated heterocycles. The average molecular weight is 139 g/mol. The topological polar surface area (TPSA) is 12.4 Å². The van der Waals surface area contributed by atoms with Gasteiger partial charge in [-0.05, 0) is 11.5 Å². The van der Waals surface area contributed by atoms with Gasteiger partial charge in [-0.25, -0.2) is 0 Å². The van der Waals surface area contributed by atoms with E-state index in [2.05, 4.69) is 18.8 Å². The van der Waals surface area contributed by atoms with Crippen molar-refractivity contribution in [3.8, 4) is 0 Å². The highest BCUT2D eigenvalue weighted by Gasteiger charge is 2.03. The van der Waals surface area contributed by atoms with Crippen molar-refractivity contribution >= 4 is 6.21 Å². The number of hydrogen-bond acceptors (Lipinski definition) is 1. The molecule has 0 aromatic carbocycles. The molecule has 0 N–H and O–H groups in total. The summed E-state index contributed by atoms with van der Waals surface area (Å²) >= 11 is 0. The maximum atomic E-state index is 4.00. The Bertz CT molecular complexity index is 132. The van der Waals surface area contributed by atoms with Crippen molar-refractivity contribution in [3.63, 3.8) is 0 Å². The van der Waals surface area contributed by atoms with Gasteiger partial charge in [-0.15, -0.1) is 0 Å². The van der Waals surface area contributed by atoms with Crippen molar-refractivity contribution in [1.29, 1.82) is 0 Å². The van der Waals surface area contributed by atoms with Crippen LogP contribution in [0.25, 0.3) is 0 Å². The van der Waals surface area contributed by atoms with E-state index >= 15 is 0 Å². The molecule has 0 spiro atoms. The fourth-order valence-electron chi connectivity index (χ4n) is 0.744. The van der Waals surface area contributed by atoms with E-state index < -0.39 is 0 Å². The predicted molar refractivity (Wildman–Crippen MR) is 47.4 cm³/mol. The fraction of sp³-hybridized carbons (Fsp3) is 0.667. The van der Waals surface area contributed by atoms with Gasteiger partial charge in [0.15, 0.2) is 0 Å². The molecule has 1 aliphatic heterocycles. The molecular weight excluding hydrogens is 122 g/mol. The van der Waals surface area contributed by atoms with Crippen LogP contribution in [0.5, 0.6) is 0 Å². The smallest absolute Gasteiger partial charge is 0.0262 e. The molecule has 1 heterocycles. The van der Waals surface area contributed by atoms with Gasteiger partial charge in [-0.2, -0.15) is 0 Å². The highest BCUT2D eigenvalue weighted by atomic mass is 14.7. The standard InChI is InChI=1S/C7H11N.C2H6/c1-6(2)7-3-4-8-5-7;1-2/h4-6H,3H2,1-2H3;1-2H3. The number of rotatable bonds is 1. The van der Waals surface area contributed by atoms with Gasteiger partial charge in [0.2, 0.25) is 0 Å². The molecule has 0 fully saturated rings. The minimum Gasteiger partial charge on any atom is -0.269 e. The van der Waals surface area contributed by atoms with Crippen molar-refractivity contribution in [2.45, 2.75) is 34.1 Å². The van der Waals surface area contributed by atoms with Crippen molar-refractivity contribution in [2.24, 2.45) is 10.9 Å². The van der Waals surface area contributed by atoms with E-state index in [9.17, 15) is 0 Å². The molecular formula is C9H17N. The zero-order chi connectivity index (χ0) is 7.98. The Morgan fingerprint density at radius 2 is 2.00 bits per heavy atom. The maximum absolute atomic E-state index is 4.00. The summed E-state index contributed by atoms with van der Waals surface area (Å²) in [7, 11) is 0. The summed E-state index contributed by atoms with van der Waals surface area (Å²) in [5.74, 6) is 0.678. The van der Waals surface area contributed by atoms with Crippen molar-refractivity contribution in [2.75, 3.05) is 0 Å². The molecule has 0 unspecified atom stereocenters. The van der Waals surface area contributed by atoms with Crippen LogP contribution in [0.2, 0.25) is 0 Å². The van der Waals surface area contributed by atoms with Gasteiger partial charge in [0.1, 0.15) is 0 Å². The Morgan fingerprint density at radius 1 is 1.40 bits per heavy atom. The summed E-state index contributed by atoms with van der Waals surface area (Å²) in [5.41, 5.74) is 1.45. The van der Waals surface area contributed by atoms with Crippen molar-refractivity contribution in [1.82, 2.24) is 0 Å². The second-order valence-corrected chi connectivity index (χ2v) is 2.39. The van der Waals surface area contributed by atoms with Crippen LogP contribution in [0.3, 0.4) is 0 Å². The average Bonchev–Trinajstić information content (AvgIpc) is 2.42. The molecule has 58 valence electrons. The van der Waals surface area contributed by atoms with Crippen LogP contribution in [0.4, 0.5) is 0 Å². The second kappa shape index (κ2) is 5.21. The molecule has 0 bridgehead atoms. The zero-order valence-electron chi connectivity index (χ0n) is 7.39. The molecule has 0 saturated carbocycles. The van der Waals surface area contributed by atoms with Gasteiger partial charge in [0.05, 0.1) is 0 Å². The molecule has 0 aromatic heterocycles. The molecule has 0 amide bonds. The van der Waals surface area contributed by atoms with E-state index in [1.54, 1.807) is 0 Å². The quantitative estimate of drug-likeness (QED) is 0.529. The number of aliphatic imine (C=N–C) groups is 1. The summed E-state index contributed by atoms with van der Waals surface area (Å²) < 4.78 is 0. The minimum atomic E-state index is 0.678. The first kappa shape index (κ1) is 9.41. The number of hydrogen-bond donors (Lipinski definition) is 0. The summed E-state index contributed by atoms with van der Waals surface area (Å²) in [6, 6.07) is 0. The van der Waals surface area contributed by atoms with Crippen LogP contribution in [0, 0.1) is 5.92 Å². The third-order valence-electron chi connectivity index (χ3n) is 1.41. The molecule has 0 atom stereocenters. The van der Waals surface area contributed by atoms with E-state index in [-0.39, 0.29) is 0 Å². The summed E-state index contributed by atoms with van der Waals surface area (Å²) in [6.45, 7) is 8.39. The SMILES string of the molecule is CC.CC(C)C1=CN=CC1. The Hall–Kier alpha value is -0.590. The first-order chi connectivity index (χ1) is 4.80. The summed E-state index contributed by atoms with van der Waals surface area (Å²) in [5, 5.41) is 0. The fourth-order valence-corrected chi connectivity index (χ4v) is 0.744. The molecule has 1 aliphatic rings. The highest BCUT2D eigenvalue weighted by molar-refractivity contribution is 5.65. The van der Waals surface area contributed by atoms with Gasteiger partial charge < -0.3 is 0 Å². The molecule has 1 heteroatoms. The third kappa shape index (κ3) is 2.81. The number of nitrogens with zero attached hydrogens (tertiary/aromatic N) is 1. The van der Waals surface area contributed by atoms with Crippen LogP contribution < -0.4 is 0 Å². The van der Waals surface area contributed by atoms with Crippen molar-refractivity contribution in [3.05, 3.63) is 11.8 Å². The van der Waals surface area contributed by atoms with E-state index in [0.717, 1.165) is 6.42 Å². The summed E-state index contributed by atoms with van der Waals surface area (Å²) in [6.07, 6.45) is 4.98. The van der Waals surface area contributed by atoms with Crippen LogP contribution in [-0.4, -0.2) is 6.21 Å². The lowest BCUT2D eigenvalue weighted by Crippen LogP contribution is -1.89. The molecule has 10 heavy (non-hydrogen) atoms. The van der Waals surface area contributed by atoms with Gasteiger partial charge in [-0.3, -0.25) is 4.99 Å².